The molecule has 5 nitrogen and oxygen atoms in total. The van der Waals surface area contributed by atoms with E-state index < -0.39 is 6.10 Å². The van der Waals surface area contributed by atoms with Crippen LogP contribution in [0, 0.1) is 0 Å². The standard InChI is InChI=1S/C31H25NO2S.C3H9NO/c33-31(23-7-2-1-3-8-23)24-13-15-25(16-14-24)32-28-10-5-4-9-26(28)27-21-22(12-17-29(27)32)18-19-34-30-11-6-20-35-30;1-2-3-5-4/h1-17,20-21,31,33H,18-19H2;2-4H2,1H3. The first-order valence-electron chi connectivity index (χ1n) is 13.5. The minimum atomic E-state index is -0.637. The van der Waals surface area contributed by atoms with E-state index in [1.165, 1.54) is 27.4 Å². The molecule has 0 bridgehead atoms. The van der Waals surface area contributed by atoms with E-state index in [1.807, 2.05) is 66.9 Å². The molecule has 0 radical (unpaired) electrons. The second-order valence-corrected chi connectivity index (χ2v) is 10.4. The summed E-state index contributed by atoms with van der Waals surface area (Å²) >= 11 is 1.62. The van der Waals surface area contributed by atoms with Crippen molar-refractivity contribution in [2.45, 2.75) is 25.9 Å². The van der Waals surface area contributed by atoms with Crippen LogP contribution in [0.2, 0.25) is 0 Å². The average molecular weight is 551 g/mol. The zero-order valence-electron chi connectivity index (χ0n) is 22.6. The van der Waals surface area contributed by atoms with E-state index in [-0.39, 0.29) is 0 Å². The number of nitrogens with two attached hydrogens (primary N) is 1. The van der Waals surface area contributed by atoms with Crippen LogP contribution in [0.5, 0.6) is 5.06 Å². The molecule has 40 heavy (non-hydrogen) atoms. The molecule has 3 N–H and O–H groups in total. The Bertz CT molecular complexity index is 1630. The van der Waals surface area contributed by atoms with Crippen LogP contribution in [0.4, 0.5) is 0 Å². The number of aliphatic hydroxyl groups excluding tert-OH is 1. The predicted molar refractivity (Wildman–Crippen MR) is 165 cm³/mol. The van der Waals surface area contributed by atoms with Gasteiger partial charge in [0.15, 0.2) is 5.06 Å². The van der Waals surface area contributed by atoms with Crippen LogP contribution >= 0.6 is 11.3 Å². The number of hydrogen-bond acceptors (Lipinski definition) is 5. The van der Waals surface area contributed by atoms with Gasteiger partial charge in [-0.05, 0) is 71.0 Å². The van der Waals surface area contributed by atoms with Crippen molar-refractivity contribution in [2.24, 2.45) is 5.90 Å². The molecule has 2 aromatic heterocycles. The van der Waals surface area contributed by atoms with E-state index in [9.17, 15) is 5.11 Å². The fourth-order valence-electron chi connectivity index (χ4n) is 4.82. The Morgan fingerprint density at radius 3 is 2.20 bits per heavy atom. The third-order valence-corrected chi connectivity index (χ3v) is 7.55. The maximum atomic E-state index is 10.8. The van der Waals surface area contributed by atoms with Crippen LogP contribution in [0.15, 0.2) is 115 Å². The fraction of sp³-hybridized carbons (Fsp3) is 0.176. The van der Waals surface area contributed by atoms with Gasteiger partial charge >= 0.3 is 0 Å². The van der Waals surface area contributed by atoms with Crippen molar-refractivity contribution < 1.29 is 14.7 Å². The number of aromatic nitrogens is 1. The topological polar surface area (TPSA) is 69.6 Å². The Balaban J connectivity index is 0.000000595. The Morgan fingerprint density at radius 1 is 0.775 bits per heavy atom. The number of ether oxygens (including phenoxy) is 1. The van der Waals surface area contributed by atoms with Gasteiger partial charge in [0.05, 0.1) is 24.2 Å². The molecule has 6 rings (SSSR count). The van der Waals surface area contributed by atoms with Gasteiger partial charge in [-0.3, -0.25) is 0 Å². The molecular formula is C34H34N2O3S. The zero-order valence-corrected chi connectivity index (χ0v) is 23.4. The van der Waals surface area contributed by atoms with Crippen molar-refractivity contribution >= 4 is 33.1 Å². The van der Waals surface area contributed by atoms with Gasteiger partial charge in [-0.15, -0.1) is 11.3 Å². The molecule has 1 atom stereocenters. The minimum absolute atomic E-state index is 0.637. The van der Waals surface area contributed by atoms with E-state index in [2.05, 4.69) is 69.9 Å². The Labute approximate surface area is 239 Å². The van der Waals surface area contributed by atoms with Crippen molar-refractivity contribution in [2.75, 3.05) is 13.2 Å². The second kappa shape index (κ2) is 13.4. The van der Waals surface area contributed by atoms with E-state index in [0.29, 0.717) is 13.2 Å². The SMILES string of the molecule is CCCON.OC(c1ccccc1)c1ccc(-n2c3ccccc3c3cc(CCOc4cccs4)ccc32)cc1. The Kier molecular flexibility index (Phi) is 9.26. The number of para-hydroxylation sites is 1. The van der Waals surface area contributed by atoms with E-state index >= 15 is 0 Å². The summed E-state index contributed by atoms with van der Waals surface area (Å²) in [7, 11) is 0. The summed E-state index contributed by atoms with van der Waals surface area (Å²) in [5.74, 6) is 4.64. The van der Waals surface area contributed by atoms with Crippen molar-refractivity contribution in [1.82, 2.24) is 4.57 Å². The van der Waals surface area contributed by atoms with Crippen molar-refractivity contribution in [3.8, 4) is 10.8 Å². The summed E-state index contributed by atoms with van der Waals surface area (Å²) in [4.78, 5) is 4.19. The lowest BCUT2D eigenvalue weighted by atomic mass is 10.0. The molecular weight excluding hydrogens is 516 g/mol. The van der Waals surface area contributed by atoms with Crippen LogP contribution in [-0.2, 0) is 11.3 Å². The summed E-state index contributed by atoms with van der Waals surface area (Å²) in [5, 5.41) is 16.3. The monoisotopic (exact) mass is 550 g/mol. The molecule has 0 aliphatic heterocycles. The third-order valence-electron chi connectivity index (χ3n) is 6.77. The number of thiophene rings is 1. The lowest BCUT2D eigenvalue weighted by Gasteiger charge is -2.13. The fourth-order valence-corrected chi connectivity index (χ4v) is 5.42. The van der Waals surface area contributed by atoms with Crippen molar-refractivity contribution in [3.63, 3.8) is 0 Å². The van der Waals surface area contributed by atoms with Gasteiger partial charge in [0, 0.05) is 22.9 Å². The lowest BCUT2D eigenvalue weighted by molar-refractivity contribution is 0.138. The van der Waals surface area contributed by atoms with Gasteiger partial charge in [0.1, 0.15) is 6.10 Å². The molecule has 1 unspecified atom stereocenters. The molecule has 4 aromatic carbocycles. The van der Waals surface area contributed by atoms with Gasteiger partial charge in [0.25, 0.3) is 0 Å². The maximum absolute atomic E-state index is 10.8. The summed E-state index contributed by atoms with van der Waals surface area (Å²) in [6.45, 7) is 3.34. The van der Waals surface area contributed by atoms with Crippen LogP contribution in [0.3, 0.4) is 0 Å². The van der Waals surface area contributed by atoms with E-state index in [4.69, 9.17) is 4.74 Å². The second-order valence-electron chi connectivity index (χ2n) is 9.51. The first-order valence-corrected chi connectivity index (χ1v) is 14.4. The zero-order chi connectivity index (χ0) is 27.7. The van der Waals surface area contributed by atoms with E-state index in [1.54, 1.807) is 11.3 Å². The predicted octanol–water partition coefficient (Wildman–Crippen LogP) is 7.84. The van der Waals surface area contributed by atoms with Crippen molar-refractivity contribution in [3.05, 3.63) is 131 Å². The number of hydrogen-bond donors (Lipinski definition) is 2. The summed E-state index contributed by atoms with van der Waals surface area (Å²) in [6, 6.07) is 37.2. The van der Waals surface area contributed by atoms with Crippen LogP contribution in [0.25, 0.3) is 27.5 Å². The Morgan fingerprint density at radius 2 is 1.50 bits per heavy atom. The first-order chi connectivity index (χ1) is 19.7. The minimum Gasteiger partial charge on any atom is -0.484 e. The molecule has 204 valence electrons. The van der Waals surface area contributed by atoms with Gasteiger partial charge in [0.2, 0.25) is 0 Å². The number of aliphatic hydroxyl groups is 1. The van der Waals surface area contributed by atoms with E-state index in [0.717, 1.165) is 34.7 Å². The highest BCUT2D eigenvalue weighted by Gasteiger charge is 2.14. The summed E-state index contributed by atoms with van der Waals surface area (Å²) in [5.41, 5.74) is 6.46. The molecule has 0 spiro atoms. The molecule has 0 aliphatic carbocycles. The largest absolute Gasteiger partial charge is 0.484 e. The highest BCUT2D eigenvalue weighted by Crippen LogP contribution is 2.33. The smallest absolute Gasteiger partial charge is 0.173 e. The molecule has 6 heteroatoms. The first kappa shape index (κ1) is 27.6. The summed E-state index contributed by atoms with van der Waals surface area (Å²) in [6.07, 6.45) is 1.22. The molecule has 0 amide bonds. The van der Waals surface area contributed by atoms with Crippen LogP contribution < -0.4 is 10.6 Å². The van der Waals surface area contributed by atoms with Gasteiger partial charge in [-0.25, -0.2) is 5.90 Å². The highest BCUT2D eigenvalue weighted by atomic mass is 32.1. The number of benzene rings is 4. The maximum Gasteiger partial charge on any atom is 0.173 e. The number of nitrogens with zero attached hydrogens (tertiary/aromatic N) is 1. The number of fused-ring (bicyclic) bond motifs is 3. The molecule has 0 fully saturated rings. The molecule has 2 heterocycles. The Hall–Kier alpha value is -3.94. The number of rotatable bonds is 9. The summed E-state index contributed by atoms with van der Waals surface area (Å²) < 4.78 is 8.18. The van der Waals surface area contributed by atoms with Crippen LogP contribution in [0.1, 0.15) is 36.1 Å². The molecule has 6 aromatic rings. The normalized spacial score (nSPS) is 11.8. The lowest BCUT2D eigenvalue weighted by Crippen LogP contribution is -2.01. The molecule has 0 saturated heterocycles. The molecule has 0 aliphatic rings. The van der Waals surface area contributed by atoms with Crippen LogP contribution in [-0.4, -0.2) is 22.9 Å². The van der Waals surface area contributed by atoms with Gasteiger partial charge < -0.3 is 19.2 Å². The van der Waals surface area contributed by atoms with Crippen molar-refractivity contribution in [1.29, 1.82) is 0 Å². The highest BCUT2D eigenvalue weighted by molar-refractivity contribution is 7.11. The third kappa shape index (κ3) is 6.27. The average Bonchev–Trinajstić information content (AvgIpc) is 3.64. The quantitative estimate of drug-likeness (QED) is 0.180. The van der Waals surface area contributed by atoms with Gasteiger partial charge in [-0.2, -0.15) is 0 Å². The molecule has 0 saturated carbocycles. The van der Waals surface area contributed by atoms with Gasteiger partial charge in [-0.1, -0.05) is 73.7 Å².